The highest BCUT2D eigenvalue weighted by molar-refractivity contribution is 6.09. The van der Waals surface area contributed by atoms with Gasteiger partial charge in [-0.2, -0.15) is 0 Å². The molecule has 0 aliphatic carbocycles. The van der Waals surface area contributed by atoms with E-state index in [4.69, 9.17) is 9.72 Å². The van der Waals surface area contributed by atoms with Gasteiger partial charge in [-0.15, -0.1) is 0 Å². The Labute approximate surface area is 324 Å². The van der Waals surface area contributed by atoms with Crippen LogP contribution in [0.3, 0.4) is 0 Å². The van der Waals surface area contributed by atoms with Crippen LogP contribution in [0.25, 0.3) is 33.4 Å². The van der Waals surface area contributed by atoms with Crippen molar-refractivity contribution < 1.29 is 4.74 Å². The smallest absolute Gasteiger partial charge is 0.219 e. The number of hydrogen-bond donors (Lipinski definition) is 2. The van der Waals surface area contributed by atoms with Crippen LogP contribution in [0.1, 0.15) is 77.0 Å². The molecule has 2 aromatic heterocycles. The summed E-state index contributed by atoms with van der Waals surface area (Å²) in [5.41, 5.74) is 11.0. The summed E-state index contributed by atoms with van der Waals surface area (Å²) in [6, 6.07) is 46.6. The third-order valence-electron chi connectivity index (χ3n) is 10.3. The molecule has 0 atom stereocenters. The average molecular weight is 724 g/mol. The summed E-state index contributed by atoms with van der Waals surface area (Å²) in [5, 5.41) is 9.58. The monoisotopic (exact) mass is 723 g/mol. The maximum Gasteiger partial charge on any atom is 0.219 e. The first-order valence-electron chi connectivity index (χ1n) is 19.3. The van der Waals surface area contributed by atoms with E-state index in [9.17, 15) is 0 Å². The highest BCUT2D eigenvalue weighted by Gasteiger charge is 2.22. The van der Waals surface area contributed by atoms with Crippen LogP contribution < -0.4 is 15.4 Å². The summed E-state index contributed by atoms with van der Waals surface area (Å²) in [6.07, 6.45) is 4.01. The molecule has 0 saturated heterocycles. The summed E-state index contributed by atoms with van der Waals surface area (Å²) in [5.74, 6) is 3.06. The molecule has 0 saturated carbocycles. The zero-order valence-corrected chi connectivity index (χ0v) is 32.8. The van der Waals surface area contributed by atoms with Gasteiger partial charge in [0.2, 0.25) is 5.95 Å². The second-order valence-corrected chi connectivity index (χ2v) is 16.0. The van der Waals surface area contributed by atoms with Crippen LogP contribution in [0.5, 0.6) is 11.5 Å². The van der Waals surface area contributed by atoms with Gasteiger partial charge in [-0.1, -0.05) is 115 Å². The van der Waals surface area contributed by atoms with E-state index in [2.05, 4.69) is 178 Å². The average Bonchev–Trinajstić information content (AvgIpc) is 3.77. The number of aromatic nitrogens is 3. The largest absolute Gasteiger partial charge is 0.457 e. The number of fused-ring (bicyclic) bond motifs is 3. The molecule has 2 N–H and O–H groups in total. The molecular weight excluding hydrogens is 675 g/mol. The summed E-state index contributed by atoms with van der Waals surface area (Å²) in [6.45, 7) is 15.7. The lowest BCUT2D eigenvalue weighted by Crippen LogP contribution is -2.11. The Balaban J connectivity index is 1.22. The van der Waals surface area contributed by atoms with E-state index in [0.717, 1.165) is 56.6 Å². The molecule has 0 fully saturated rings. The predicted molar refractivity (Wildman–Crippen MR) is 231 cm³/mol. The second kappa shape index (κ2) is 14.5. The van der Waals surface area contributed by atoms with Gasteiger partial charge in [0.15, 0.2) is 0 Å². The number of para-hydroxylation sites is 5. The molecule has 276 valence electrons. The number of ether oxygens (including phenoxy) is 1. The number of imidazole rings is 1. The van der Waals surface area contributed by atoms with E-state index in [-0.39, 0.29) is 5.41 Å². The Morgan fingerprint density at radius 1 is 0.582 bits per heavy atom. The minimum absolute atomic E-state index is 0.105. The minimum atomic E-state index is -0.105. The van der Waals surface area contributed by atoms with Crippen molar-refractivity contribution in [2.75, 3.05) is 10.6 Å². The number of benzene rings is 6. The Morgan fingerprint density at radius 2 is 1.22 bits per heavy atom. The zero-order valence-electron chi connectivity index (χ0n) is 32.8. The predicted octanol–water partition coefficient (Wildman–Crippen LogP) is 13.8. The first kappa shape index (κ1) is 35.7. The Kier molecular flexibility index (Phi) is 9.44. The quantitative estimate of drug-likeness (QED) is 0.147. The number of rotatable bonds is 10. The fraction of sp³-hybridized carbons (Fsp3) is 0.204. The van der Waals surface area contributed by atoms with Gasteiger partial charge in [-0.05, 0) is 88.5 Å². The lowest BCUT2D eigenvalue weighted by molar-refractivity contribution is 0.479. The molecule has 6 nitrogen and oxygen atoms in total. The standard InChI is InChI=1S/C49H49N5O/c1-32(2)39-19-15-20-40(33(3)4)47(39)53-27-26-50-48(53)54-45-23-14-11-18-41(45)42-25-24-37(31-46(42)54)55-38-29-34(49(5,6)7)28-36(30-38)52-44-22-13-12-21-43(44)51-35-16-9-8-10-17-35/h8-33,51-52H,1-7H3. The lowest BCUT2D eigenvalue weighted by Gasteiger charge is -2.22. The summed E-state index contributed by atoms with van der Waals surface area (Å²) < 4.78 is 11.4. The number of anilines is 4. The minimum Gasteiger partial charge on any atom is -0.457 e. The van der Waals surface area contributed by atoms with Crippen LogP contribution in [0.2, 0.25) is 0 Å². The SMILES string of the molecule is CC(C)c1cccc(C(C)C)c1-n1ccnc1-n1c2ccccc2c2ccc(Oc3cc(Nc4ccccc4Nc4ccccc4)cc(C(C)(C)C)c3)cc21. The normalized spacial score (nSPS) is 11.9. The Hall–Kier alpha value is -6.27. The van der Waals surface area contributed by atoms with Crippen molar-refractivity contribution in [3.8, 4) is 23.1 Å². The number of nitrogens with zero attached hydrogens (tertiary/aromatic N) is 3. The molecule has 55 heavy (non-hydrogen) atoms. The van der Waals surface area contributed by atoms with E-state index < -0.39 is 0 Å². The van der Waals surface area contributed by atoms with E-state index in [0.29, 0.717) is 11.8 Å². The fourth-order valence-electron chi connectivity index (χ4n) is 7.49. The molecule has 0 radical (unpaired) electrons. The van der Waals surface area contributed by atoms with Gasteiger partial charge < -0.3 is 15.4 Å². The van der Waals surface area contributed by atoms with Crippen molar-refractivity contribution >= 4 is 44.6 Å². The van der Waals surface area contributed by atoms with Gasteiger partial charge in [-0.3, -0.25) is 9.13 Å². The van der Waals surface area contributed by atoms with Crippen molar-refractivity contribution in [3.05, 3.63) is 163 Å². The Morgan fingerprint density at radius 3 is 1.91 bits per heavy atom. The highest BCUT2D eigenvalue weighted by atomic mass is 16.5. The molecule has 8 rings (SSSR count). The van der Waals surface area contributed by atoms with Crippen molar-refractivity contribution in [2.45, 2.75) is 65.7 Å². The first-order valence-corrected chi connectivity index (χ1v) is 19.3. The molecular formula is C49H49N5O. The van der Waals surface area contributed by atoms with Crippen LogP contribution in [-0.4, -0.2) is 14.1 Å². The van der Waals surface area contributed by atoms with Crippen LogP contribution in [0.15, 0.2) is 146 Å². The van der Waals surface area contributed by atoms with Crippen LogP contribution >= 0.6 is 0 Å². The third kappa shape index (κ3) is 7.08. The maximum atomic E-state index is 6.81. The second-order valence-electron chi connectivity index (χ2n) is 16.0. The molecule has 8 aromatic rings. The van der Waals surface area contributed by atoms with E-state index >= 15 is 0 Å². The number of nitrogens with one attached hydrogen (secondary N) is 2. The molecule has 6 aromatic carbocycles. The summed E-state index contributed by atoms with van der Waals surface area (Å²) >= 11 is 0. The van der Waals surface area contributed by atoms with Crippen LogP contribution in [-0.2, 0) is 5.41 Å². The zero-order chi connectivity index (χ0) is 38.3. The van der Waals surface area contributed by atoms with Crippen molar-refractivity contribution in [3.63, 3.8) is 0 Å². The fourth-order valence-corrected chi connectivity index (χ4v) is 7.49. The highest BCUT2D eigenvalue weighted by Crippen LogP contribution is 2.40. The summed E-state index contributed by atoms with van der Waals surface area (Å²) in [4.78, 5) is 5.05. The van der Waals surface area contributed by atoms with Gasteiger partial charge in [0, 0.05) is 46.7 Å². The lowest BCUT2D eigenvalue weighted by atomic mass is 9.86. The van der Waals surface area contributed by atoms with Crippen molar-refractivity contribution in [1.29, 1.82) is 0 Å². The van der Waals surface area contributed by atoms with Crippen LogP contribution in [0, 0.1) is 0 Å². The van der Waals surface area contributed by atoms with Crippen molar-refractivity contribution in [1.82, 2.24) is 14.1 Å². The first-order chi connectivity index (χ1) is 26.5. The molecule has 0 spiro atoms. The Bertz CT molecular complexity index is 2600. The third-order valence-corrected chi connectivity index (χ3v) is 10.3. The van der Waals surface area contributed by atoms with E-state index in [1.807, 2.05) is 36.5 Å². The van der Waals surface area contributed by atoms with Gasteiger partial charge in [0.1, 0.15) is 11.5 Å². The molecule has 0 aliphatic rings. The molecule has 0 unspecified atom stereocenters. The van der Waals surface area contributed by atoms with E-state index in [1.165, 1.54) is 27.8 Å². The van der Waals surface area contributed by atoms with Gasteiger partial charge >= 0.3 is 0 Å². The summed E-state index contributed by atoms with van der Waals surface area (Å²) in [7, 11) is 0. The van der Waals surface area contributed by atoms with Gasteiger partial charge in [-0.25, -0.2) is 4.98 Å². The molecule has 0 amide bonds. The maximum absolute atomic E-state index is 6.81. The molecule has 0 bridgehead atoms. The van der Waals surface area contributed by atoms with Crippen molar-refractivity contribution in [2.24, 2.45) is 0 Å². The van der Waals surface area contributed by atoms with Crippen LogP contribution in [0.4, 0.5) is 22.7 Å². The topological polar surface area (TPSA) is 56.0 Å². The number of hydrogen-bond acceptors (Lipinski definition) is 4. The van der Waals surface area contributed by atoms with E-state index in [1.54, 1.807) is 0 Å². The molecule has 6 heteroatoms. The van der Waals surface area contributed by atoms with Gasteiger partial charge in [0.25, 0.3) is 0 Å². The molecule has 0 aliphatic heterocycles. The molecule has 2 heterocycles. The van der Waals surface area contributed by atoms with Gasteiger partial charge in [0.05, 0.1) is 28.1 Å².